The van der Waals surface area contributed by atoms with Gasteiger partial charge in [-0.25, -0.2) is 0 Å². The molecule has 0 heterocycles. The maximum Gasteiger partial charge on any atom is 0.322 e. The highest BCUT2D eigenvalue weighted by molar-refractivity contribution is 5.74. The van der Waals surface area contributed by atoms with E-state index >= 15 is 0 Å². The molecule has 19 heavy (non-hydrogen) atoms. The van der Waals surface area contributed by atoms with Crippen LogP contribution in [0.25, 0.3) is 0 Å². The minimum absolute atomic E-state index is 0.481. The van der Waals surface area contributed by atoms with Gasteiger partial charge >= 0.3 is 5.97 Å². The third-order valence-electron chi connectivity index (χ3n) is 3.12. The average molecular weight is 264 g/mol. The zero-order valence-corrected chi connectivity index (χ0v) is 12.0. The number of carboxylic acid groups (broad SMARTS) is 1. The second-order valence-electron chi connectivity index (χ2n) is 4.72. The molecule has 0 aliphatic rings. The summed E-state index contributed by atoms with van der Waals surface area (Å²) < 4.78 is 0. The first kappa shape index (κ1) is 15.5. The minimum Gasteiger partial charge on any atom is -0.480 e. The number of nitrogens with one attached hydrogen (secondary N) is 1. The van der Waals surface area contributed by atoms with Crippen molar-refractivity contribution in [2.75, 3.05) is 24.5 Å². The van der Waals surface area contributed by atoms with E-state index in [9.17, 15) is 9.90 Å². The first-order chi connectivity index (χ1) is 9.08. The third-order valence-corrected chi connectivity index (χ3v) is 3.12. The number of aliphatic carboxylic acids is 1. The zero-order chi connectivity index (χ0) is 14.3. The van der Waals surface area contributed by atoms with Crippen molar-refractivity contribution >= 4 is 11.7 Å². The van der Waals surface area contributed by atoms with E-state index in [-0.39, 0.29) is 0 Å². The number of likely N-dealkylation sites (N-methyl/N-ethyl adjacent to an activating group) is 1. The molecule has 0 spiro atoms. The molecule has 0 saturated heterocycles. The van der Waals surface area contributed by atoms with Crippen LogP contribution in [-0.4, -0.2) is 36.8 Å². The van der Waals surface area contributed by atoms with Crippen LogP contribution in [-0.2, 0) is 4.79 Å². The van der Waals surface area contributed by atoms with Crippen molar-refractivity contribution in [3.05, 3.63) is 29.8 Å². The summed E-state index contributed by atoms with van der Waals surface area (Å²) in [5.41, 5.74) is 2.27. The van der Waals surface area contributed by atoms with Gasteiger partial charge in [0.25, 0.3) is 0 Å². The summed E-state index contributed by atoms with van der Waals surface area (Å²) in [6, 6.07) is 7.65. The van der Waals surface area contributed by atoms with Gasteiger partial charge in [0.05, 0.1) is 0 Å². The van der Waals surface area contributed by atoms with Gasteiger partial charge in [-0.05, 0) is 38.9 Å². The summed E-state index contributed by atoms with van der Waals surface area (Å²) in [5.74, 6) is -0.793. The SMILES string of the molecule is CCCNC(CN(CC)c1ccc(C)cc1)C(=O)O. The molecule has 2 N–H and O–H groups in total. The van der Waals surface area contributed by atoms with E-state index in [4.69, 9.17) is 0 Å². The monoisotopic (exact) mass is 264 g/mol. The van der Waals surface area contributed by atoms with Gasteiger partial charge in [0.1, 0.15) is 6.04 Å². The molecule has 1 aromatic rings. The van der Waals surface area contributed by atoms with Gasteiger partial charge in [0, 0.05) is 18.8 Å². The van der Waals surface area contributed by atoms with Crippen molar-refractivity contribution < 1.29 is 9.90 Å². The van der Waals surface area contributed by atoms with Crippen LogP contribution in [0.5, 0.6) is 0 Å². The van der Waals surface area contributed by atoms with Gasteiger partial charge in [0.2, 0.25) is 0 Å². The van der Waals surface area contributed by atoms with Crippen LogP contribution < -0.4 is 10.2 Å². The molecule has 1 aromatic carbocycles. The first-order valence-electron chi connectivity index (χ1n) is 6.86. The number of carboxylic acids is 1. The molecule has 0 fully saturated rings. The van der Waals surface area contributed by atoms with E-state index in [0.29, 0.717) is 6.54 Å². The van der Waals surface area contributed by atoms with E-state index in [1.54, 1.807) is 0 Å². The molecule has 0 bridgehead atoms. The van der Waals surface area contributed by atoms with Gasteiger partial charge in [-0.2, -0.15) is 0 Å². The molecule has 4 heteroatoms. The lowest BCUT2D eigenvalue weighted by Crippen LogP contribution is -2.46. The lowest BCUT2D eigenvalue weighted by Gasteiger charge is -2.27. The third kappa shape index (κ3) is 4.91. The van der Waals surface area contributed by atoms with E-state index in [1.165, 1.54) is 5.56 Å². The van der Waals surface area contributed by atoms with Crippen LogP contribution in [0.1, 0.15) is 25.8 Å². The second kappa shape index (κ2) is 7.79. The van der Waals surface area contributed by atoms with Crippen LogP contribution in [0.2, 0.25) is 0 Å². The largest absolute Gasteiger partial charge is 0.480 e. The number of carbonyl (C=O) groups is 1. The number of benzene rings is 1. The fourth-order valence-electron chi connectivity index (χ4n) is 1.94. The van der Waals surface area contributed by atoms with Crippen LogP contribution in [0, 0.1) is 6.92 Å². The highest BCUT2D eigenvalue weighted by Crippen LogP contribution is 2.15. The lowest BCUT2D eigenvalue weighted by atomic mass is 10.2. The predicted molar refractivity (Wildman–Crippen MR) is 78.8 cm³/mol. The smallest absolute Gasteiger partial charge is 0.322 e. The molecule has 1 atom stereocenters. The second-order valence-corrected chi connectivity index (χ2v) is 4.72. The van der Waals surface area contributed by atoms with E-state index < -0.39 is 12.0 Å². The number of aryl methyl sites for hydroxylation is 1. The molecular weight excluding hydrogens is 240 g/mol. The normalized spacial score (nSPS) is 12.2. The van der Waals surface area contributed by atoms with Crippen molar-refractivity contribution in [2.24, 2.45) is 0 Å². The summed E-state index contributed by atoms with van der Waals surface area (Å²) in [6.07, 6.45) is 0.931. The van der Waals surface area contributed by atoms with Crippen LogP contribution in [0.15, 0.2) is 24.3 Å². The maximum atomic E-state index is 11.3. The highest BCUT2D eigenvalue weighted by Gasteiger charge is 2.19. The van der Waals surface area contributed by atoms with Crippen LogP contribution in [0.3, 0.4) is 0 Å². The van der Waals surface area contributed by atoms with Crippen LogP contribution in [0.4, 0.5) is 5.69 Å². The van der Waals surface area contributed by atoms with Crippen molar-refractivity contribution in [1.82, 2.24) is 5.32 Å². The Balaban J connectivity index is 2.73. The molecule has 0 radical (unpaired) electrons. The average Bonchev–Trinajstić information content (AvgIpc) is 2.40. The number of hydrogen-bond acceptors (Lipinski definition) is 3. The van der Waals surface area contributed by atoms with Gasteiger partial charge in [0.15, 0.2) is 0 Å². The number of rotatable bonds is 8. The lowest BCUT2D eigenvalue weighted by molar-refractivity contribution is -0.139. The van der Waals surface area contributed by atoms with Crippen LogP contribution >= 0.6 is 0 Å². The Morgan fingerprint density at radius 3 is 2.42 bits per heavy atom. The maximum absolute atomic E-state index is 11.3. The Bertz CT molecular complexity index is 390. The molecule has 4 nitrogen and oxygen atoms in total. The fraction of sp³-hybridized carbons (Fsp3) is 0.533. The zero-order valence-electron chi connectivity index (χ0n) is 12.0. The van der Waals surface area contributed by atoms with Gasteiger partial charge in [-0.1, -0.05) is 24.6 Å². The molecule has 0 aromatic heterocycles. The number of anilines is 1. The summed E-state index contributed by atoms with van der Waals surface area (Å²) in [6.45, 7) is 8.11. The summed E-state index contributed by atoms with van der Waals surface area (Å²) in [4.78, 5) is 13.3. The van der Waals surface area contributed by atoms with Crippen molar-refractivity contribution in [3.63, 3.8) is 0 Å². The fourth-order valence-corrected chi connectivity index (χ4v) is 1.94. The Morgan fingerprint density at radius 1 is 1.32 bits per heavy atom. The van der Waals surface area contributed by atoms with E-state index in [1.807, 2.05) is 45.0 Å². The van der Waals surface area contributed by atoms with E-state index in [2.05, 4.69) is 10.2 Å². The summed E-state index contributed by atoms with van der Waals surface area (Å²) in [5, 5.41) is 12.3. The first-order valence-corrected chi connectivity index (χ1v) is 6.86. The van der Waals surface area contributed by atoms with Crippen molar-refractivity contribution in [3.8, 4) is 0 Å². The Labute approximate surface area is 115 Å². The van der Waals surface area contributed by atoms with Gasteiger partial charge < -0.3 is 15.3 Å². The Kier molecular flexibility index (Phi) is 6.36. The van der Waals surface area contributed by atoms with Gasteiger partial charge in [-0.3, -0.25) is 4.79 Å². The molecular formula is C15H24N2O2. The number of hydrogen-bond donors (Lipinski definition) is 2. The van der Waals surface area contributed by atoms with Crippen molar-refractivity contribution in [1.29, 1.82) is 0 Å². The van der Waals surface area contributed by atoms with E-state index in [0.717, 1.165) is 25.2 Å². The Morgan fingerprint density at radius 2 is 1.95 bits per heavy atom. The number of nitrogens with zero attached hydrogens (tertiary/aromatic N) is 1. The topological polar surface area (TPSA) is 52.6 Å². The molecule has 0 aliphatic carbocycles. The Hall–Kier alpha value is -1.55. The van der Waals surface area contributed by atoms with Crippen molar-refractivity contribution in [2.45, 2.75) is 33.2 Å². The highest BCUT2D eigenvalue weighted by atomic mass is 16.4. The minimum atomic E-state index is -0.793. The summed E-state index contributed by atoms with van der Waals surface area (Å²) in [7, 11) is 0. The summed E-state index contributed by atoms with van der Waals surface area (Å²) >= 11 is 0. The quantitative estimate of drug-likeness (QED) is 0.756. The molecule has 0 amide bonds. The van der Waals surface area contributed by atoms with Gasteiger partial charge in [-0.15, -0.1) is 0 Å². The predicted octanol–water partition coefficient (Wildman–Crippen LogP) is 2.27. The molecule has 1 rings (SSSR count). The molecule has 106 valence electrons. The standard InChI is InChI=1S/C15H24N2O2/c1-4-10-16-14(15(18)19)11-17(5-2)13-8-6-12(3)7-9-13/h6-9,14,16H,4-5,10-11H2,1-3H3,(H,18,19). The molecule has 0 aliphatic heterocycles. The molecule has 1 unspecified atom stereocenters. The molecule has 0 saturated carbocycles.